The van der Waals surface area contributed by atoms with E-state index in [0.29, 0.717) is 0 Å². The van der Waals surface area contributed by atoms with E-state index in [-0.39, 0.29) is 12.1 Å². The van der Waals surface area contributed by atoms with Gasteiger partial charge in [0.05, 0.1) is 7.11 Å². The lowest BCUT2D eigenvalue weighted by atomic mass is 10.0. The molecule has 0 saturated heterocycles. The van der Waals surface area contributed by atoms with Crippen molar-refractivity contribution in [3.63, 3.8) is 0 Å². The van der Waals surface area contributed by atoms with Crippen LogP contribution in [-0.2, 0) is 11.2 Å². The molecule has 1 N–H and O–H groups in total. The van der Waals surface area contributed by atoms with Gasteiger partial charge in [-0.1, -0.05) is 38.0 Å². The number of ether oxygens (including phenoxy) is 2. The second-order valence-electron chi connectivity index (χ2n) is 6.50. The smallest absolute Gasteiger partial charge is 0.407 e. The van der Waals surface area contributed by atoms with Crippen LogP contribution in [0, 0.1) is 0 Å². The van der Waals surface area contributed by atoms with Crippen molar-refractivity contribution in [1.29, 1.82) is 0 Å². The van der Waals surface area contributed by atoms with E-state index < -0.39 is 5.60 Å². The minimum atomic E-state index is -0.482. The summed E-state index contributed by atoms with van der Waals surface area (Å²) < 4.78 is 10.8. The largest absolute Gasteiger partial charge is 0.496 e. The first-order valence-corrected chi connectivity index (χ1v) is 7.97. The molecule has 0 aliphatic carbocycles. The maximum absolute atomic E-state index is 12.0. The van der Waals surface area contributed by atoms with Crippen molar-refractivity contribution in [1.82, 2.24) is 5.32 Å². The quantitative estimate of drug-likeness (QED) is 0.816. The van der Waals surface area contributed by atoms with Gasteiger partial charge in [0.1, 0.15) is 11.4 Å². The van der Waals surface area contributed by atoms with Gasteiger partial charge in [-0.05, 0) is 45.2 Å². The summed E-state index contributed by atoms with van der Waals surface area (Å²) in [6, 6.07) is 7.97. The SMILES string of the molecule is CCCC[C@@H](Cc1ccccc1OC)NC(=O)OC(C)(C)C. The molecule has 0 saturated carbocycles. The molecular formula is C18H29NO3. The van der Waals surface area contributed by atoms with Crippen molar-refractivity contribution in [2.45, 2.75) is 65.0 Å². The molecule has 1 amide bonds. The number of hydrogen-bond donors (Lipinski definition) is 1. The van der Waals surface area contributed by atoms with Crippen LogP contribution in [0.15, 0.2) is 24.3 Å². The average molecular weight is 307 g/mol. The average Bonchev–Trinajstić information content (AvgIpc) is 2.43. The predicted octanol–water partition coefficient (Wildman–Crippen LogP) is 4.32. The summed E-state index contributed by atoms with van der Waals surface area (Å²) in [6.07, 6.45) is 3.47. The van der Waals surface area contributed by atoms with Gasteiger partial charge < -0.3 is 14.8 Å². The maximum atomic E-state index is 12.0. The molecule has 0 aliphatic heterocycles. The standard InChI is InChI=1S/C18H29NO3/c1-6-7-11-15(19-17(20)22-18(2,3)4)13-14-10-8-9-12-16(14)21-5/h8-10,12,15H,6-7,11,13H2,1-5H3,(H,19,20)/t15-/m0/s1. The molecule has 0 fully saturated rings. The van der Waals surface area contributed by atoms with Gasteiger partial charge in [0.15, 0.2) is 0 Å². The molecule has 0 radical (unpaired) electrons. The number of hydrogen-bond acceptors (Lipinski definition) is 3. The number of benzene rings is 1. The minimum Gasteiger partial charge on any atom is -0.496 e. The Bertz CT molecular complexity index is 466. The van der Waals surface area contributed by atoms with E-state index in [0.717, 1.165) is 37.0 Å². The van der Waals surface area contributed by atoms with Crippen LogP contribution < -0.4 is 10.1 Å². The summed E-state index contributed by atoms with van der Waals surface area (Å²) >= 11 is 0. The lowest BCUT2D eigenvalue weighted by Crippen LogP contribution is -2.40. The van der Waals surface area contributed by atoms with Gasteiger partial charge in [0, 0.05) is 6.04 Å². The van der Waals surface area contributed by atoms with Gasteiger partial charge >= 0.3 is 6.09 Å². The van der Waals surface area contributed by atoms with Crippen molar-refractivity contribution < 1.29 is 14.3 Å². The van der Waals surface area contributed by atoms with Crippen molar-refractivity contribution in [2.75, 3.05) is 7.11 Å². The third-order valence-corrected chi connectivity index (χ3v) is 3.29. The van der Waals surface area contributed by atoms with Gasteiger partial charge in [-0.25, -0.2) is 4.79 Å². The zero-order valence-corrected chi connectivity index (χ0v) is 14.4. The van der Waals surface area contributed by atoms with Gasteiger partial charge in [0.25, 0.3) is 0 Å². The van der Waals surface area contributed by atoms with Crippen LogP contribution in [0.5, 0.6) is 5.75 Å². The summed E-state index contributed by atoms with van der Waals surface area (Å²) in [5, 5.41) is 2.99. The van der Waals surface area contributed by atoms with Crippen LogP contribution in [0.4, 0.5) is 4.79 Å². The van der Waals surface area contributed by atoms with E-state index in [1.165, 1.54) is 0 Å². The number of amides is 1. The fourth-order valence-corrected chi connectivity index (χ4v) is 2.29. The summed E-state index contributed by atoms with van der Waals surface area (Å²) in [6.45, 7) is 7.75. The molecule has 4 nitrogen and oxygen atoms in total. The topological polar surface area (TPSA) is 47.6 Å². The zero-order chi connectivity index (χ0) is 16.6. The van der Waals surface area contributed by atoms with Crippen molar-refractivity contribution >= 4 is 6.09 Å². The molecule has 1 aromatic rings. The Labute approximate surface area is 134 Å². The lowest BCUT2D eigenvalue weighted by molar-refractivity contribution is 0.0501. The molecule has 4 heteroatoms. The lowest BCUT2D eigenvalue weighted by Gasteiger charge is -2.24. The van der Waals surface area contributed by atoms with E-state index in [2.05, 4.69) is 12.2 Å². The molecule has 1 atom stereocenters. The highest BCUT2D eigenvalue weighted by molar-refractivity contribution is 5.68. The molecule has 22 heavy (non-hydrogen) atoms. The van der Waals surface area contributed by atoms with Gasteiger partial charge in [-0.3, -0.25) is 0 Å². The number of alkyl carbamates (subject to hydrolysis) is 1. The van der Waals surface area contributed by atoms with Crippen LogP contribution in [-0.4, -0.2) is 24.8 Å². The summed E-state index contributed by atoms with van der Waals surface area (Å²) in [5.74, 6) is 0.856. The molecule has 0 heterocycles. The Morgan fingerprint density at radius 1 is 1.27 bits per heavy atom. The summed E-state index contributed by atoms with van der Waals surface area (Å²) in [7, 11) is 1.67. The van der Waals surface area contributed by atoms with Crippen LogP contribution in [0.25, 0.3) is 0 Å². The Morgan fingerprint density at radius 2 is 1.95 bits per heavy atom. The highest BCUT2D eigenvalue weighted by atomic mass is 16.6. The number of unbranched alkanes of at least 4 members (excludes halogenated alkanes) is 1. The molecule has 0 spiro atoms. The first-order valence-electron chi connectivity index (χ1n) is 7.97. The fraction of sp³-hybridized carbons (Fsp3) is 0.611. The molecule has 124 valence electrons. The third kappa shape index (κ3) is 6.83. The molecule has 0 aliphatic rings. The second kappa shape index (κ2) is 8.66. The number of carbonyl (C=O) groups excluding carboxylic acids is 1. The van der Waals surface area contributed by atoms with Crippen LogP contribution in [0.1, 0.15) is 52.5 Å². The Kier molecular flexibility index (Phi) is 7.22. The number of rotatable bonds is 7. The Balaban J connectivity index is 2.73. The first-order chi connectivity index (χ1) is 10.4. The van der Waals surface area contributed by atoms with E-state index >= 15 is 0 Å². The summed E-state index contributed by atoms with van der Waals surface area (Å²) in [5.41, 5.74) is 0.617. The van der Waals surface area contributed by atoms with Crippen LogP contribution >= 0.6 is 0 Å². The van der Waals surface area contributed by atoms with Crippen molar-refractivity contribution in [3.05, 3.63) is 29.8 Å². The number of methoxy groups -OCH3 is 1. The second-order valence-corrected chi connectivity index (χ2v) is 6.50. The van der Waals surface area contributed by atoms with Gasteiger partial charge in [-0.2, -0.15) is 0 Å². The summed E-state index contributed by atoms with van der Waals surface area (Å²) in [4.78, 5) is 12.0. The van der Waals surface area contributed by atoms with E-state index in [1.807, 2.05) is 45.0 Å². The highest BCUT2D eigenvalue weighted by Gasteiger charge is 2.20. The molecular weight excluding hydrogens is 278 g/mol. The van der Waals surface area contributed by atoms with Gasteiger partial charge in [0.2, 0.25) is 0 Å². The fourth-order valence-electron chi connectivity index (χ4n) is 2.29. The molecule has 1 aromatic carbocycles. The number of nitrogens with one attached hydrogen (secondary N) is 1. The normalized spacial score (nSPS) is 12.6. The maximum Gasteiger partial charge on any atom is 0.407 e. The van der Waals surface area contributed by atoms with Crippen LogP contribution in [0.3, 0.4) is 0 Å². The van der Waals surface area contributed by atoms with E-state index in [4.69, 9.17) is 9.47 Å². The molecule has 0 unspecified atom stereocenters. The van der Waals surface area contributed by atoms with Crippen LogP contribution in [0.2, 0.25) is 0 Å². The number of carbonyl (C=O) groups is 1. The van der Waals surface area contributed by atoms with Crippen molar-refractivity contribution in [2.24, 2.45) is 0 Å². The van der Waals surface area contributed by atoms with E-state index in [9.17, 15) is 4.79 Å². The zero-order valence-electron chi connectivity index (χ0n) is 14.4. The van der Waals surface area contributed by atoms with Gasteiger partial charge in [-0.15, -0.1) is 0 Å². The highest BCUT2D eigenvalue weighted by Crippen LogP contribution is 2.20. The number of para-hydroxylation sites is 1. The van der Waals surface area contributed by atoms with E-state index in [1.54, 1.807) is 7.11 Å². The predicted molar refractivity (Wildman–Crippen MR) is 89.4 cm³/mol. The first kappa shape index (κ1) is 18.3. The molecule has 0 bridgehead atoms. The Hall–Kier alpha value is -1.71. The third-order valence-electron chi connectivity index (χ3n) is 3.29. The monoisotopic (exact) mass is 307 g/mol. The molecule has 0 aromatic heterocycles. The Morgan fingerprint density at radius 3 is 2.55 bits per heavy atom. The minimum absolute atomic E-state index is 0.0473. The molecule has 1 rings (SSSR count). The van der Waals surface area contributed by atoms with Crippen molar-refractivity contribution in [3.8, 4) is 5.75 Å².